The van der Waals surface area contributed by atoms with Crippen molar-refractivity contribution < 1.29 is 4.79 Å². The molecular weight excluding hydrogens is 233 g/mol. The van der Waals surface area contributed by atoms with Gasteiger partial charge in [-0.2, -0.15) is 0 Å². The van der Waals surface area contributed by atoms with Crippen LogP contribution in [0.4, 0.5) is 0 Å². The van der Waals surface area contributed by atoms with Crippen molar-refractivity contribution in [1.82, 2.24) is 4.90 Å². The lowest BCUT2D eigenvalue weighted by Gasteiger charge is -2.14. The summed E-state index contributed by atoms with van der Waals surface area (Å²) in [7, 11) is 1.89. The molecule has 82 valence electrons. The highest BCUT2D eigenvalue weighted by Gasteiger charge is 2.04. The predicted molar refractivity (Wildman–Crippen MR) is 63.5 cm³/mol. The Labute approximate surface area is 99.8 Å². The van der Waals surface area contributed by atoms with Crippen LogP contribution in [0, 0.1) is 0 Å². The van der Waals surface area contributed by atoms with Crippen LogP contribution in [0.2, 0.25) is 10.0 Å². The Hall–Kier alpha value is -0.570. The number of nitrogens with zero attached hydrogens (tertiary/aromatic N) is 1. The summed E-state index contributed by atoms with van der Waals surface area (Å²) in [6.45, 7) is 2.71. The molecule has 0 aromatic heterocycles. The normalized spacial score (nSPS) is 10.7. The molecular formula is C11H13Cl2NO. The number of rotatable bonds is 4. The van der Waals surface area contributed by atoms with Gasteiger partial charge in [-0.3, -0.25) is 9.69 Å². The number of hydrogen-bond acceptors (Lipinski definition) is 2. The van der Waals surface area contributed by atoms with E-state index in [1.807, 2.05) is 24.1 Å². The van der Waals surface area contributed by atoms with Crippen LogP contribution in [-0.4, -0.2) is 24.3 Å². The zero-order valence-electron chi connectivity index (χ0n) is 8.76. The number of Topliss-reactive ketones (excluding diaryl/α,β-unsaturated/α-hetero) is 1. The summed E-state index contributed by atoms with van der Waals surface area (Å²) in [6, 6.07) is 5.49. The lowest BCUT2D eigenvalue weighted by atomic mass is 10.2. The zero-order chi connectivity index (χ0) is 11.4. The molecule has 0 saturated heterocycles. The molecule has 0 amide bonds. The molecule has 0 unspecified atom stereocenters. The molecule has 0 heterocycles. The van der Waals surface area contributed by atoms with E-state index in [0.717, 1.165) is 5.56 Å². The van der Waals surface area contributed by atoms with Crippen LogP contribution < -0.4 is 0 Å². The molecule has 4 heteroatoms. The summed E-state index contributed by atoms with van der Waals surface area (Å²) >= 11 is 11.7. The van der Waals surface area contributed by atoms with Crippen LogP contribution in [0.15, 0.2) is 18.2 Å². The van der Waals surface area contributed by atoms with Gasteiger partial charge in [0.1, 0.15) is 5.78 Å². The maximum absolute atomic E-state index is 10.9. The largest absolute Gasteiger partial charge is 0.299 e. The fraction of sp³-hybridized carbons (Fsp3) is 0.364. The van der Waals surface area contributed by atoms with Gasteiger partial charge in [0.25, 0.3) is 0 Å². The first kappa shape index (κ1) is 12.5. The number of carbonyl (C=O) groups excluding carboxylic acids is 1. The van der Waals surface area contributed by atoms with Gasteiger partial charge in [-0.05, 0) is 31.7 Å². The molecule has 0 radical (unpaired) electrons. The first-order chi connectivity index (χ1) is 6.99. The molecule has 0 bridgehead atoms. The first-order valence-electron chi connectivity index (χ1n) is 4.61. The summed E-state index contributed by atoms with van der Waals surface area (Å²) in [5.41, 5.74) is 1.05. The Bertz CT molecular complexity index is 366. The topological polar surface area (TPSA) is 20.3 Å². The minimum atomic E-state index is 0.151. The first-order valence-corrected chi connectivity index (χ1v) is 5.36. The van der Waals surface area contributed by atoms with Crippen molar-refractivity contribution in [3.63, 3.8) is 0 Å². The van der Waals surface area contributed by atoms with Gasteiger partial charge in [0.2, 0.25) is 0 Å². The molecule has 15 heavy (non-hydrogen) atoms. The molecule has 0 atom stereocenters. The van der Waals surface area contributed by atoms with E-state index in [-0.39, 0.29) is 5.78 Å². The molecule has 0 aliphatic carbocycles. The average Bonchev–Trinajstić information content (AvgIpc) is 2.10. The van der Waals surface area contributed by atoms with E-state index < -0.39 is 0 Å². The Balaban J connectivity index is 2.64. The Morgan fingerprint density at radius 3 is 2.53 bits per heavy atom. The fourth-order valence-electron chi connectivity index (χ4n) is 1.39. The molecule has 0 aliphatic heterocycles. The quantitative estimate of drug-likeness (QED) is 0.813. The Morgan fingerprint density at radius 2 is 2.00 bits per heavy atom. The van der Waals surface area contributed by atoms with Gasteiger partial charge >= 0.3 is 0 Å². The van der Waals surface area contributed by atoms with E-state index in [4.69, 9.17) is 23.2 Å². The van der Waals surface area contributed by atoms with Crippen LogP contribution in [0.5, 0.6) is 0 Å². The van der Waals surface area contributed by atoms with Gasteiger partial charge in [-0.1, -0.05) is 29.3 Å². The van der Waals surface area contributed by atoms with Gasteiger partial charge in [-0.25, -0.2) is 0 Å². The van der Waals surface area contributed by atoms with E-state index in [9.17, 15) is 4.79 Å². The maximum Gasteiger partial charge on any atom is 0.143 e. The molecule has 1 aromatic carbocycles. The third-order valence-electron chi connectivity index (χ3n) is 1.93. The van der Waals surface area contributed by atoms with Crippen LogP contribution in [0.1, 0.15) is 12.5 Å². The van der Waals surface area contributed by atoms with Crippen LogP contribution >= 0.6 is 23.2 Å². The van der Waals surface area contributed by atoms with E-state index >= 15 is 0 Å². The van der Waals surface area contributed by atoms with Gasteiger partial charge in [0.05, 0.1) is 16.6 Å². The number of likely N-dealkylation sites (N-methyl/N-ethyl adjacent to an activating group) is 1. The highest BCUT2D eigenvalue weighted by Crippen LogP contribution is 2.22. The van der Waals surface area contributed by atoms with Crippen LogP contribution in [0.3, 0.4) is 0 Å². The number of benzene rings is 1. The van der Waals surface area contributed by atoms with Crippen LogP contribution in [0.25, 0.3) is 0 Å². The minimum absolute atomic E-state index is 0.151. The van der Waals surface area contributed by atoms with E-state index in [0.29, 0.717) is 23.1 Å². The highest BCUT2D eigenvalue weighted by atomic mass is 35.5. The highest BCUT2D eigenvalue weighted by molar-refractivity contribution is 6.42. The molecule has 0 N–H and O–H groups in total. The molecule has 0 aliphatic rings. The minimum Gasteiger partial charge on any atom is -0.299 e. The zero-order valence-corrected chi connectivity index (χ0v) is 10.3. The fourth-order valence-corrected chi connectivity index (χ4v) is 1.71. The van der Waals surface area contributed by atoms with Crippen molar-refractivity contribution in [3.05, 3.63) is 33.8 Å². The van der Waals surface area contributed by atoms with Crippen molar-refractivity contribution in [2.45, 2.75) is 13.5 Å². The van der Waals surface area contributed by atoms with Crippen molar-refractivity contribution in [1.29, 1.82) is 0 Å². The summed E-state index contributed by atoms with van der Waals surface area (Å²) in [5.74, 6) is 0.151. The van der Waals surface area contributed by atoms with E-state index in [1.165, 1.54) is 0 Å². The number of ketones is 1. The lowest BCUT2D eigenvalue weighted by molar-refractivity contribution is -0.117. The SMILES string of the molecule is CC(=O)CN(C)Cc1ccc(Cl)c(Cl)c1. The van der Waals surface area contributed by atoms with Crippen molar-refractivity contribution in [3.8, 4) is 0 Å². The molecule has 0 spiro atoms. The lowest BCUT2D eigenvalue weighted by Crippen LogP contribution is -2.23. The third-order valence-corrected chi connectivity index (χ3v) is 2.67. The number of carbonyl (C=O) groups is 1. The van der Waals surface area contributed by atoms with Crippen molar-refractivity contribution in [2.75, 3.05) is 13.6 Å². The summed E-state index contributed by atoms with van der Waals surface area (Å²) in [4.78, 5) is 12.8. The van der Waals surface area contributed by atoms with Gasteiger partial charge < -0.3 is 0 Å². The summed E-state index contributed by atoms with van der Waals surface area (Å²) in [5, 5.41) is 1.10. The predicted octanol–water partition coefficient (Wildman–Crippen LogP) is 3.01. The summed E-state index contributed by atoms with van der Waals surface area (Å²) < 4.78 is 0. The maximum atomic E-state index is 10.9. The van der Waals surface area contributed by atoms with Gasteiger partial charge in [0, 0.05) is 6.54 Å². The molecule has 1 aromatic rings. The standard InChI is InChI=1S/C11H13Cl2NO/c1-8(15)6-14(2)7-9-3-4-10(12)11(13)5-9/h3-5H,6-7H2,1-2H3. The number of hydrogen-bond donors (Lipinski definition) is 0. The van der Waals surface area contributed by atoms with Gasteiger partial charge in [-0.15, -0.1) is 0 Å². The Kier molecular flexibility index (Phi) is 4.58. The second-order valence-corrected chi connectivity index (χ2v) is 4.44. The molecule has 0 saturated carbocycles. The summed E-state index contributed by atoms with van der Waals surface area (Å²) in [6.07, 6.45) is 0. The van der Waals surface area contributed by atoms with E-state index in [1.54, 1.807) is 13.0 Å². The monoisotopic (exact) mass is 245 g/mol. The van der Waals surface area contributed by atoms with Crippen molar-refractivity contribution >= 4 is 29.0 Å². The third kappa shape index (κ3) is 4.20. The smallest absolute Gasteiger partial charge is 0.143 e. The molecule has 2 nitrogen and oxygen atoms in total. The van der Waals surface area contributed by atoms with Crippen molar-refractivity contribution in [2.24, 2.45) is 0 Å². The molecule has 0 fully saturated rings. The number of halogens is 2. The Morgan fingerprint density at radius 1 is 1.33 bits per heavy atom. The van der Waals surface area contributed by atoms with E-state index in [2.05, 4.69) is 0 Å². The molecule has 1 rings (SSSR count). The van der Waals surface area contributed by atoms with Gasteiger partial charge in [0.15, 0.2) is 0 Å². The second kappa shape index (κ2) is 5.50. The second-order valence-electron chi connectivity index (χ2n) is 3.62. The van der Waals surface area contributed by atoms with Crippen LogP contribution in [-0.2, 0) is 11.3 Å². The average molecular weight is 246 g/mol.